The molecule has 0 aliphatic carbocycles. The molecule has 0 bridgehead atoms. The average molecular weight is 324 g/mol. The molecule has 0 aliphatic heterocycles. The number of methoxy groups -OCH3 is 1. The minimum atomic E-state index is -0.194. The van der Waals surface area contributed by atoms with E-state index in [1.54, 1.807) is 25.3 Å². The minimum Gasteiger partial charge on any atom is -0.494 e. The Hall–Kier alpha value is -2.93. The maximum atomic E-state index is 12.7. The first kappa shape index (κ1) is 13.7. The molecule has 2 heterocycles. The van der Waals surface area contributed by atoms with Crippen LogP contribution in [0.1, 0.15) is 0 Å². The van der Waals surface area contributed by atoms with Crippen LogP contribution < -0.4 is 16.0 Å². The number of hydrogen-bond donors (Lipinski definition) is 1. The van der Waals surface area contributed by atoms with Crippen LogP contribution in [0, 0.1) is 0 Å². The fourth-order valence-corrected chi connectivity index (χ4v) is 3.41. The first-order chi connectivity index (χ1) is 11.2. The Morgan fingerprint density at radius 1 is 1.26 bits per heavy atom. The molecule has 4 rings (SSSR count). The highest BCUT2D eigenvalue weighted by molar-refractivity contribution is 7.20. The average Bonchev–Trinajstić information content (AvgIpc) is 2.99. The van der Waals surface area contributed by atoms with Crippen molar-refractivity contribution < 1.29 is 4.74 Å². The fourth-order valence-electron chi connectivity index (χ4n) is 2.46. The predicted molar refractivity (Wildman–Crippen MR) is 91.5 cm³/mol. The van der Waals surface area contributed by atoms with Gasteiger partial charge in [0, 0.05) is 5.69 Å². The SMILES string of the molecule is COc1cccc2sc(-n3cnc4ccc(N)cc4c3=O)nc12. The Morgan fingerprint density at radius 3 is 2.96 bits per heavy atom. The summed E-state index contributed by atoms with van der Waals surface area (Å²) < 4.78 is 7.70. The van der Waals surface area contributed by atoms with Crippen molar-refractivity contribution in [1.29, 1.82) is 0 Å². The molecule has 7 heteroatoms. The Morgan fingerprint density at radius 2 is 2.13 bits per heavy atom. The molecule has 6 nitrogen and oxygen atoms in total. The second-order valence-corrected chi connectivity index (χ2v) is 6.01. The number of ether oxygens (including phenoxy) is 1. The van der Waals surface area contributed by atoms with Crippen LogP contribution in [-0.4, -0.2) is 21.6 Å². The number of hydrogen-bond acceptors (Lipinski definition) is 6. The van der Waals surface area contributed by atoms with Crippen LogP contribution in [0.3, 0.4) is 0 Å². The summed E-state index contributed by atoms with van der Waals surface area (Å²) in [4.78, 5) is 21.6. The first-order valence-electron chi connectivity index (χ1n) is 6.88. The zero-order valence-electron chi connectivity index (χ0n) is 12.2. The highest BCUT2D eigenvalue weighted by atomic mass is 32.1. The highest BCUT2D eigenvalue weighted by Gasteiger charge is 2.13. The van der Waals surface area contributed by atoms with Crippen LogP contribution >= 0.6 is 11.3 Å². The summed E-state index contributed by atoms with van der Waals surface area (Å²) in [5.41, 5.74) is 7.45. The largest absolute Gasteiger partial charge is 0.494 e. The van der Waals surface area contributed by atoms with E-state index in [9.17, 15) is 4.79 Å². The monoisotopic (exact) mass is 324 g/mol. The zero-order valence-corrected chi connectivity index (χ0v) is 13.0. The van der Waals surface area contributed by atoms with Gasteiger partial charge in [-0.3, -0.25) is 4.79 Å². The predicted octanol–water partition coefficient (Wildman–Crippen LogP) is 2.59. The summed E-state index contributed by atoms with van der Waals surface area (Å²) >= 11 is 1.41. The molecule has 0 saturated carbocycles. The van der Waals surface area contributed by atoms with E-state index in [0.29, 0.717) is 27.5 Å². The summed E-state index contributed by atoms with van der Waals surface area (Å²) in [5, 5.41) is 1.02. The maximum absolute atomic E-state index is 12.7. The van der Waals surface area contributed by atoms with Crippen LogP contribution in [0.2, 0.25) is 0 Å². The van der Waals surface area contributed by atoms with Gasteiger partial charge in [0.15, 0.2) is 5.13 Å². The van der Waals surface area contributed by atoms with Gasteiger partial charge in [-0.05, 0) is 30.3 Å². The molecule has 2 N–H and O–H groups in total. The number of anilines is 1. The molecule has 0 atom stereocenters. The third-order valence-corrected chi connectivity index (χ3v) is 4.60. The molecule has 0 fully saturated rings. The number of nitrogens with zero attached hydrogens (tertiary/aromatic N) is 3. The van der Waals surface area contributed by atoms with Gasteiger partial charge in [-0.25, -0.2) is 14.5 Å². The number of thiazole rings is 1. The lowest BCUT2D eigenvalue weighted by molar-refractivity contribution is 0.419. The molecule has 0 spiro atoms. The number of para-hydroxylation sites is 1. The quantitative estimate of drug-likeness (QED) is 0.573. The number of fused-ring (bicyclic) bond motifs is 2. The van der Waals surface area contributed by atoms with Gasteiger partial charge in [-0.15, -0.1) is 0 Å². The van der Waals surface area contributed by atoms with E-state index >= 15 is 0 Å². The van der Waals surface area contributed by atoms with E-state index in [1.807, 2.05) is 18.2 Å². The standard InChI is InChI=1S/C16H12N4O2S/c1-22-12-3-2-4-13-14(12)19-16(23-13)20-8-18-11-6-5-9(17)7-10(11)15(20)21/h2-8H,17H2,1H3. The Kier molecular flexibility index (Phi) is 3.02. The van der Waals surface area contributed by atoms with Crippen molar-refractivity contribution in [1.82, 2.24) is 14.5 Å². The lowest BCUT2D eigenvalue weighted by Crippen LogP contribution is -2.18. The Labute approximate surface area is 134 Å². The number of nitrogen functional groups attached to an aromatic ring is 1. The summed E-state index contributed by atoms with van der Waals surface area (Å²) in [6.45, 7) is 0. The third-order valence-electron chi connectivity index (χ3n) is 3.58. The lowest BCUT2D eigenvalue weighted by atomic mass is 10.2. The van der Waals surface area contributed by atoms with Gasteiger partial charge in [0.25, 0.3) is 5.56 Å². The molecule has 114 valence electrons. The van der Waals surface area contributed by atoms with Gasteiger partial charge in [0.05, 0.1) is 22.7 Å². The second-order valence-electron chi connectivity index (χ2n) is 5.00. The molecule has 23 heavy (non-hydrogen) atoms. The molecule has 0 amide bonds. The van der Waals surface area contributed by atoms with Crippen LogP contribution in [0.15, 0.2) is 47.5 Å². The van der Waals surface area contributed by atoms with Crippen molar-refractivity contribution in [2.45, 2.75) is 0 Å². The number of benzene rings is 2. The first-order valence-corrected chi connectivity index (χ1v) is 7.70. The summed E-state index contributed by atoms with van der Waals surface area (Å²) in [6.07, 6.45) is 1.49. The summed E-state index contributed by atoms with van der Waals surface area (Å²) in [6, 6.07) is 10.8. The molecular weight excluding hydrogens is 312 g/mol. The normalized spacial score (nSPS) is 11.2. The molecule has 0 saturated heterocycles. The van der Waals surface area contributed by atoms with Gasteiger partial charge < -0.3 is 10.5 Å². The lowest BCUT2D eigenvalue weighted by Gasteiger charge is -2.03. The van der Waals surface area contributed by atoms with Gasteiger partial charge in [-0.1, -0.05) is 17.4 Å². The topological polar surface area (TPSA) is 83.0 Å². The van der Waals surface area contributed by atoms with E-state index in [2.05, 4.69) is 9.97 Å². The fraction of sp³-hybridized carbons (Fsp3) is 0.0625. The molecule has 2 aromatic heterocycles. The van der Waals surface area contributed by atoms with Gasteiger partial charge in [0.2, 0.25) is 0 Å². The highest BCUT2D eigenvalue weighted by Crippen LogP contribution is 2.30. The minimum absolute atomic E-state index is 0.194. The summed E-state index contributed by atoms with van der Waals surface area (Å²) in [5.74, 6) is 0.677. The zero-order chi connectivity index (χ0) is 16.0. The molecule has 4 aromatic rings. The van der Waals surface area contributed by atoms with Crippen LogP contribution in [-0.2, 0) is 0 Å². The van der Waals surface area contributed by atoms with Crippen molar-refractivity contribution in [2.24, 2.45) is 0 Å². The Balaban J connectivity index is 1.99. The van der Waals surface area contributed by atoms with Crippen LogP contribution in [0.5, 0.6) is 5.75 Å². The summed E-state index contributed by atoms with van der Waals surface area (Å²) in [7, 11) is 1.60. The van der Waals surface area contributed by atoms with E-state index in [4.69, 9.17) is 10.5 Å². The van der Waals surface area contributed by atoms with E-state index in [-0.39, 0.29) is 5.56 Å². The van der Waals surface area contributed by atoms with Crippen LogP contribution in [0.4, 0.5) is 5.69 Å². The van der Waals surface area contributed by atoms with Crippen molar-refractivity contribution in [2.75, 3.05) is 12.8 Å². The van der Waals surface area contributed by atoms with Gasteiger partial charge in [0.1, 0.15) is 17.6 Å². The van der Waals surface area contributed by atoms with E-state index in [1.165, 1.54) is 22.2 Å². The Bertz CT molecular complexity index is 1100. The second kappa shape index (κ2) is 5.06. The van der Waals surface area contributed by atoms with Crippen molar-refractivity contribution in [3.05, 3.63) is 53.1 Å². The number of aromatic nitrogens is 3. The maximum Gasteiger partial charge on any atom is 0.267 e. The van der Waals surface area contributed by atoms with Crippen molar-refractivity contribution >= 4 is 38.1 Å². The smallest absolute Gasteiger partial charge is 0.267 e. The molecule has 0 aliphatic rings. The molecule has 0 unspecified atom stereocenters. The molecule has 0 radical (unpaired) electrons. The van der Waals surface area contributed by atoms with Crippen molar-refractivity contribution in [3.8, 4) is 10.9 Å². The van der Waals surface area contributed by atoms with E-state index < -0.39 is 0 Å². The number of rotatable bonds is 2. The molecular formula is C16H12N4O2S. The van der Waals surface area contributed by atoms with Crippen LogP contribution in [0.25, 0.3) is 26.3 Å². The third kappa shape index (κ3) is 2.13. The van der Waals surface area contributed by atoms with Crippen molar-refractivity contribution in [3.63, 3.8) is 0 Å². The van der Waals surface area contributed by atoms with Gasteiger partial charge in [-0.2, -0.15) is 0 Å². The number of nitrogens with two attached hydrogens (primary N) is 1. The van der Waals surface area contributed by atoms with Gasteiger partial charge >= 0.3 is 0 Å². The van der Waals surface area contributed by atoms with E-state index in [0.717, 1.165) is 10.2 Å². The molecule has 2 aromatic carbocycles.